The van der Waals surface area contributed by atoms with Crippen molar-refractivity contribution in [3.05, 3.63) is 40.1 Å². The summed E-state index contributed by atoms with van der Waals surface area (Å²) in [6.07, 6.45) is 0.788. The number of hydrogen-bond donors (Lipinski definition) is 0. The molecule has 0 aliphatic carbocycles. The highest BCUT2D eigenvalue weighted by atomic mass is 35.5. The highest BCUT2D eigenvalue weighted by Gasteiger charge is 2.09. The number of carbonyl (C=O) groups excluding carboxylic acids is 1. The minimum Gasteiger partial charge on any atom is -0.469 e. The van der Waals surface area contributed by atoms with Gasteiger partial charge in [-0.25, -0.2) is 9.37 Å². The van der Waals surface area contributed by atoms with Crippen LogP contribution in [0.2, 0.25) is 5.02 Å². The first-order chi connectivity index (χ1) is 9.08. The lowest BCUT2D eigenvalue weighted by Crippen LogP contribution is -2.01. The van der Waals surface area contributed by atoms with Gasteiger partial charge in [-0.3, -0.25) is 4.79 Å². The van der Waals surface area contributed by atoms with E-state index in [2.05, 4.69) is 9.72 Å². The molecule has 100 valence electrons. The number of aromatic nitrogens is 1. The summed E-state index contributed by atoms with van der Waals surface area (Å²) in [5.74, 6) is -0.669. The van der Waals surface area contributed by atoms with Crippen molar-refractivity contribution in [2.45, 2.75) is 12.8 Å². The fraction of sp³-hybridized carbons (Fsp3) is 0.231. The van der Waals surface area contributed by atoms with E-state index in [1.165, 1.54) is 30.6 Å². The van der Waals surface area contributed by atoms with Crippen LogP contribution in [0.3, 0.4) is 0 Å². The fourth-order valence-electron chi connectivity index (χ4n) is 1.56. The molecule has 0 spiro atoms. The zero-order valence-electron chi connectivity index (χ0n) is 10.2. The quantitative estimate of drug-likeness (QED) is 0.808. The van der Waals surface area contributed by atoms with Gasteiger partial charge in [-0.1, -0.05) is 11.6 Å². The Morgan fingerprint density at radius 2 is 2.26 bits per heavy atom. The van der Waals surface area contributed by atoms with E-state index >= 15 is 0 Å². The van der Waals surface area contributed by atoms with Crippen molar-refractivity contribution >= 4 is 28.9 Å². The maximum Gasteiger partial charge on any atom is 0.305 e. The van der Waals surface area contributed by atoms with Gasteiger partial charge in [-0.05, 0) is 18.2 Å². The van der Waals surface area contributed by atoms with Crippen molar-refractivity contribution in [3.8, 4) is 10.6 Å². The minimum atomic E-state index is -0.395. The highest BCUT2D eigenvalue weighted by Crippen LogP contribution is 2.27. The number of esters is 1. The van der Waals surface area contributed by atoms with Gasteiger partial charge in [0, 0.05) is 22.4 Å². The van der Waals surface area contributed by atoms with Crippen LogP contribution in [-0.2, 0) is 16.0 Å². The third-order valence-corrected chi connectivity index (χ3v) is 3.63. The second kappa shape index (κ2) is 6.12. The Balaban J connectivity index is 2.14. The van der Waals surface area contributed by atoms with Crippen LogP contribution < -0.4 is 0 Å². The minimum absolute atomic E-state index is 0.275. The van der Waals surface area contributed by atoms with Crippen molar-refractivity contribution in [2.75, 3.05) is 7.11 Å². The Bertz CT molecular complexity index is 580. The average Bonchev–Trinajstić information content (AvgIpc) is 2.83. The summed E-state index contributed by atoms with van der Waals surface area (Å²) < 4.78 is 17.8. The van der Waals surface area contributed by atoms with Gasteiger partial charge >= 0.3 is 5.97 Å². The predicted octanol–water partition coefficient (Wildman–Crippen LogP) is 3.71. The number of halogens is 2. The third-order valence-electron chi connectivity index (χ3n) is 2.47. The summed E-state index contributed by atoms with van der Waals surface area (Å²) >= 11 is 7.19. The van der Waals surface area contributed by atoms with Crippen molar-refractivity contribution in [1.29, 1.82) is 0 Å². The molecule has 0 radical (unpaired) electrons. The van der Waals surface area contributed by atoms with E-state index in [0.29, 0.717) is 22.0 Å². The van der Waals surface area contributed by atoms with Gasteiger partial charge in [0.25, 0.3) is 0 Å². The van der Waals surface area contributed by atoms with Gasteiger partial charge in [0.1, 0.15) is 10.8 Å². The molecule has 2 aromatic rings. The van der Waals surface area contributed by atoms with Crippen molar-refractivity contribution in [2.24, 2.45) is 0 Å². The molecule has 1 heterocycles. The Labute approximate surface area is 119 Å². The average molecular weight is 300 g/mol. The zero-order valence-corrected chi connectivity index (χ0v) is 11.7. The molecular weight excluding hydrogens is 289 g/mol. The van der Waals surface area contributed by atoms with Crippen LogP contribution in [-0.4, -0.2) is 18.1 Å². The van der Waals surface area contributed by atoms with E-state index in [9.17, 15) is 9.18 Å². The molecule has 0 unspecified atom stereocenters. The largest absolute Gasteiger partial charge is 0.469 e. The molecule has 0 amide bonds. The topological polar surface area (TPSA) is 39.2 Å². The molecular formula is C13H11ClFNO2S. The molecule has 0 aliphatic heterocycles. The molecule has 0 saturated heterocycles. The lowest BCUT2D eigenvalue weighted by Gasteiger charge is -1.98. The molecule has 6 heteroatoms. The maximum absolute atomic E-state index is 13.3. The Kier molecular flexibility index (Phi) is 4.50. The molecule has 1 aromatic carbocycles. The number of thiazole rings is 1. The van der Waals surface area contributed by atoms with Gasteiger partial charge in [0.2, 0.25) is 0 Å². The van der Waals surface area contributed by atoms with E-state index in [1.807, 2.05) is 5.38 Å². The fourth-order valence-corrected chi connectivity index (χ4v) is 2.63. The van der Waals surface area contributed by atoms with Gasteiger partial charge in [0.15, 0.2) is 0 Å². The maximum atomic E-state index is 13.3. The number of ether oxygens (including phenoxy) is 1. The van der Waals surface area contributed by atoms with Crippen LogP contribution >= 0.6 is 22.9 Å². The van der Waals surface area contributed by atoms with Gasteiger partial charge in [0.05, 0.1) is 19.2 Å². The van der Waals surface area contributed by atoms with Crippen molar-refractivity contribution in [1.82, 2.24) is 4.98 Å². The smallest absolute Gasteiger partial charge is 0.305 e. The first kappa shape index (κ1) is 14.0. The molecule has 0 fully saturated rings. The Morgan fingerprint density at radius 3 is 2.95 bits per heavy atom. The first-order valence-electron chi connectivity index (χ1n) is 5.56. The summed E-state index contributed by atoms with van der Waals surface area (Å²) in [6, 6.07) is 4.29. The zero-order chi connectivity index (χ0) is 13.8. The number of rotatable bonds is 4. The summed E-state index contributed by atoms with van der Waals surface area (Å²) in [4.78, 5) is 15.4. The second-order valence-corrected chi connectivity index (χ2v) is 5.17. The van der Waals surface area contributed by atoms with Crippen molar-refractivity contribution < 1.29 is 13.9 Å². The predicted molar refractivity (Wildman–Crippen MR) is 72.9 cm³/mol. The Hall–Kier alpha value is -1.46. The molecule has 0 bridgehead atoms. The number of nitrogens with zero attached hydrogens (tertiary/aromatic N) is 1. The monoisotopic (exact) mass is 299 g/mol. The lowest BCUT2D eigenvalue weighted by molar-refractivity contribution is -0.140. The van der Waals surface area contributed by atoms with E-state index in [0.717, 1.165) is 5.69 Å². The normalized spacial score (nSPS) is 10.5. The van der Waals surface area contributed by atoms with Crippen LogP contribution in [0.4, 0.5) is 4.39 Å². The van der Waals surface area contributed by atoms with Crippen LogP contribution in [0, 0.1) is 5.82 Å². The van der Waals surface area contributed by atoms with Crippen LogP contribution in [0.15, 0.2) is 23.6 Å². The number of carbonyl (C=O) groups is 1. The van der Waals surface area contributed by atoms with Crippen LogP contribution in [0.5, 0.6) is 0 Å². The van der Waals surface area contributed by atoms with Crippen molar-refractivity contribution in [3.63, 3.8) is 0 Å². The summed E-state index contributed by atoms with van der Waals surface area (Å²) in [5.41, 5.74) is 1.42. The van der Waals surface area contributed by atoms with Gasteiger partial charge in [-0.2, -0.15) is 0 Å². The van der Waals surface area contributed by atoms with E-state index in [1.54, 1.807) is 6.07 Å². The van der Waals surface area contributed by atoms with Crippen LogP contribution in [0.25, 0.3) is 10.6 Å². The summed E-state index contributed by atoms with van der Waals surface area (Å²) in [6.45, 7) is 0. The lowest BCUT2D eigenvalue weighted by atomic mass is 10.2. The van der Waals surface area contributed by atoms with Crippen LogP contribution in [0.1, 0.15) is 12.1 Å². The molecule has 0 atom stereocenters. The number of methoxy groups -OCH3 is 1. The van der Waals surface area contributed by atoms with E-state index in [-0.39, 0.29) is 12.4 Å². The molecule has 1 aromatic heterocycles. The molecule has 0 saturated carbocycles. The standard InChI is InChI=1S/C13H11ClFNO2S/c1-18-12(17)3-2-11-7-19-13(16-11)8-4-9(14)6-10(15)5-8/h4-7H,2-3H2,1H3. The highest BCUT2D eigenvalue weighted by molar-refractivity contribution is 7.13. The van der Waals surface area contributed by atoms with Gasteiger partial charge < -0.3 is 4.74 Å². The second-order valence-electron chi connectivity index (χ2n) is 3.88. The molecule has 0 aliphatic rings. The molecule has 2 rings (SSSR count). The SMILES string of the molecule is COC(=O)CCc1csc(-c2cc(F)cc(Cl)c2)n1. The first-order valence-corrected chi connectivity index (χ1v) is 6.82. The van der Waals surface area contributed by atoms with E-state index < -0.39 is 5.82 Å². The number of hydrogen-bond acceptors (Lipinski definition) is 4. The third kappa shape index (κ3) is 3.75. The van der Waals surface area contributed by atoms with E-state index in [4.69, 9.17) is 11.6 Å². The molecule has 3 nitrogen and oxygen atoms in total. The molecule has 0 N–H and O–H groups in total. The summed E-state index contributed by atoms with van der Waals surface area (Å²) in [5, 5.41) is 2.86. The molecule has 19 heavy (non-hydrogen) atoms. The Morgan fingerprint density at radius 1 is 1.47 bits per heavy atom. The number of benzene rings is 1. The number of aryl methyl sites for hydroxylation is 1. The summed E-state index contributed by atoms with van der Waals surface area (Å²) in [7, 11) is 1.35. The van der Waals surface area contributed by atoms with Gasteiger partial charge in [-0.15, -0.1) is 11.3 Å².